The Labute approximate surface area is 180 Å². The monoisotopic (exact) mass is 427 g/mol. The molecule has 0 radical (unpaired) electrons. The second-order valence-electron chi connectivity index (χ2n) is 9.40. The van der Waals surface area contributed by atoms with Crippen LogP contribution in [0.2, 0.25) is 5.04 Å². The Hall–Kier alpha value is -2.15. The molecule has 0 unspecified atom stereocenters. The van der Waals surface area contributed by atoms with Gasteiger partial charge in [0, 0.05) is 6.04 Å². The molecule has 1 amide bonds. The molecule has 30 heavy (non-hydrogen) atoms. The standard InChI is InChI=1S/C24H33NO4Si/c1-23(2,3)30(20-10-6-4-7-11-20,21-12-8-5-9-13-21)29-18-24(28)16-14-19(15-17-24)25-22(26)27/h4-13,19,25,28H,14-18H2,1-3H3,(H,26,27)/t19-,24-. The van der Waals surface area contributed by atoms with Crippen LogP contribution < -0.4 is 15.7 Å². The summed E-state index contributed by atoms with van der Waals surface area (Å²) in [5.74, 6) is 0. The maximum atomic E-state index is 11.3. The molecule has 0 atom stereocenters. The lowest BCUT2D eigenvalue weighted by molar-refractivity contribution is -0.0418. The van der Waals surface area contributed by atoms with Gasteiger partial charge in [-0.1, -0.05) is 81.4 Å². The van der Waals surface area contributed by atoms with Gasteiger partial charge in [-0.25, -0.2) is 4.79 Å². The van der Waals surface area contributed by atoms with Crippen molar-refractivity contribution in [3.05, 3.63) is 60.7 Å². The Kier molecular flexibility index (Phi) is 6.70. The molecular weight excluding hydrogens is 394 g/mol. The summed E-state index contributed by atoms with van der Waals surface area (Å²) in [6, 6.07) is 20.7. The first-order chi connectivity index (χ1) is 14.2. The number of hydrogen-bond donors (Lipinski definition) is 3. The highest BCUT2D eigenvalue weighted by atomic mass is 28.4. The van der Waals surface area contributed by atoms with E-state index in [1.807, 2.05) is 36.4 Å². The van der Waals surface area contributed by atoms with Crippen molar-refractivity contribution in [1.29, 1.82) is 0 Å². The number of rotatable bonds is 6. The van der Waals surface area contributed by atoms with E-state index in [1.165, 1.54) is 10.4 Å². The smallest absolute Gasteiger partial charge is 0.404 e. The minimum Gasteiger partial charge on any atom is -0.465 e. The fourth-order valence-electron chi connectivity index (χ4n) is 4.62. The predicted octanol–water partition coefficient (Wildman–Crippen LogP) is 3.50. The van der Waals surface area contributed by atoms with Gasteiger partial charge in [-0.05, 0) is 41.1 Å². The Bertz CT molecular complexity index is 788. The summed E-state index contributed by atoms with van der Waals surface area (Å²) < 4.78 is 6.88. The van der Waals surface area contributed by atoms with E-state index >= 15 is 0 Å². The summed E-state index contributed by atoms with van der Waals surface area (Å²) in [6.45, 7) is 6.91. The van der Waals surface area contributed by atoms with Crippen LogP contribution >= 0.6 is 0 Å². The molecule has 0 aromatic heterocycles. The van der Waals surface area contributed by atoms with E-state index < -0.39 is 20.0 Å². The SMILES string of the molecule is CC(C)(C)[Si](OC[C@]1(O)CC[C@H](NC(=O)O)CC1)(c1ccccc1)c1ccccc1. The highest BCUT2D eigenvalue weighted by Crippen LogP contribution is 2.38. The summed E-state index contributed by atoms with van der Waals surface area (Å²) in [5.41, 5.74) is -0.941. The summed E-state index contributed by atoms with van der Waals surface area (Å²) >= 11 is 0. The molecule has 0 bridgehead atoms. The van der Waals surface area contributed by atoms with E-state index in [0.29, 0.717) is 25.7 Å². The number of aliphatic hydroxyl groups is 1. The van der Waals surface area contributed by atoms with E-state index in [1.54, 1.807) is 0 Å². The van der Waals surface area contributed by atoms with Crippen LogP contribution in [0.5, 0.6) is 0 Å². The van der Waals surface area contributed by atoms with Crippen molar-refractivity contribution in [2.75, 3.05) is 6.61 Å². The van der Waals surface area contributed by atoms with Crippen molar-refractivity contribution >= 4 is 24.8 Å². The zero-order valence-electron chi connectivity index (χ0n) is 18.1. The van der Waals surface area contributed by atoms with Gasteiger partial charge >= 0.3 is 6.09 Å². The molecule has 6 heteroatoms. The molecule has 162 valence electrons. The molecule has 0 saturated heterocycles. The van der Waals surface area contributed by atoms with Crippen molar-refractivity contribution < 1.29 is 19.4 Å². The van der Waals surface area contributed by atoms with Gasteiger partial charge in [0.15, 0.2) is 0 Å². The molecular formula is C24H33NO4Si. The zero-order valence-corrected chi connectivity index (χ0v) is 19.1. The third kappa shape index (κ3) is 4.77. The molecule has 0 spiro atoms. The van der Waals surface area contributed by atoms with E-state index in [-0.39, 0.29) is 17.7 Å². The van der Waals surface area contributed by atoms with Gasteiger partial charge in [0.2, 0.25) is 0 Å². The minimum atomic E-state index is -2.69. The lowest BCUT2D eigenvalue weighted by Gasteiger charge is -2.45. The van der Waals surface area contributed by atoms with Crippen LogP contribution in [0.1, 0.15) is 46.5 Å². The van der Waals surface area contributed by atoms with Crippen molar-refractivity contribution in [3.8, 4) is 0 Å². The molecule has 3 N–H and O–H groups in total. The van der Waals surface area contributed by atoms with E-state index in [9.17, 15) is 9.90 Å². The number of hydrogen-bond acceptors (Lipinski definition) is 3. The fraction of sp³-hybridized carbons (Fsp3) is 0.458. The summed E-state index contributed by atoms with van der Waals surface area (Å²) in [6.07, 6.45) is 1.28. The zero-order chi connectivity index (χ0) is 21.8. The van der Waals surface area contributed by atoms with Crippen LogP contribution in [0.3, 0.4) is 0 Å². The third-order valence-corrected chi connectivity index (χ3v) is 11.2. The van der Waals surface area contributed by atoms with Gasteiger partial charge in [0.25, 0.3) is 8.32 Å². The molecule has 5 nitrogen and oxygen atoms in total. The van der Waals surface area contributed by atoms with Gasteiger partial charge in [-0.15, -0.1) is 0 Å². The largest absolute Gasteiger partial charge is 0.465 e. The van der Waals surface area contributed by atoms with Gasteiger partial charge in [-0.2, -0.15) is 0 Å². The molecule has 1 aliphatic carbocycles. The van der Waals surface area contributed by atoms with Crippen molar-refractivity contribution in [1.82, 2.24) is 5.32 Å². The molecule has 1 fully saturated rings. The van der Waals surface area contributed by atoms with E-state index in [0.717, 1.165) is 0 Å². The maximum absolute atomic E-state index is 11.3. The molecule has 1 aliphatic rings. The Morgan fingerprint density at radius 3 is 1.90 bits per heavy atom. The topological polar surface area (TPSA) is 78.8 Å². The highest BCUT2D eigenvalue weighted by Gasteiger charge is 2.51. The van der Waals surface area contributed by atoms with E-state index in [2.05, 4.69) is 50.4 Å². The fourth-order valence-corrected chi connectivity index (χ4v) is 9.26. The Morgan fingerprint density at radius 1 is 1.03 bits per heavy atom. The van der Waals surface area contributed by atoms with Crippen LogP contribution in [0.4, 0.5) is 4.79 Å². The maximum Gasteiger partial charge on any atom is 0.404 e. The van der Waals surface area contributed by atoms with Gasteiger partial charge < -0.3 is 20.0 Å². The van der Waals surface area contributed by atoms with Crippen molar-refractivity contribution in [2.24, 2.45) is 0 Å². The molecule has 0 aliphatic heterocycles. The number of nitrogens with one attached hydrogen (secondary N) is 1. The average molecular weight is 428 g/mol. The highest BCUT2D eigenvalue weighted by molar-refractivity contribution is 6.99. The number of amides is 1. The van der Waals surface area contributed by atoms with E-state index in [4.69, 9.17) is 9.53 Å². The van der Waals surface area contributed by atoms with Crippen molar-refractivity contribution in [3.63, 3.8) is 0 Å². The van der Waals surface area contributed by atoms with Crippen LogP contribution in [-0.4, -0.2) is 42.9 Å². The second kappa shape index (κ2) is 8.92. The van der Waals surface area contributed by atoms with Gasteiger partial charge in [0.1, 0.15) is 0 Å². The van der Waals surface area contributed by atoms with Gasteiger partial charge in [0.05, 0.1) is 12.2 Å². The molecule has 0 heterocycles. The normalized spacial score (nSPS) is 22.5. The molecule has 2 aromatic rings. The van der Waals surface area contributed by atoms with Crippen LogP contribution in [0, 0.1) is 0 Å². The van der Waals surface area contributed by atoms with Crippen LogP contribution in [0.15, 0.2) is 60.7 Å². The first-order valence-corrected chi connectivity index (χ1v) is 12.5. The average Bonchev–Trinajstić information content (AvgIpc) is 2.71. The quantitative estimate of drug-likeness (QED) is 0.617. The minimum absolute atomic E-state index is 0.101. The number of benzene rings is 2. The van der Waals surface area contributed by atoms with Crippen LogP contribution in [-0.2, 0) is 4.43 Å². The first-order valence-electron chi connectivity index (χ1n) is 10.6. The molecule has 1 saturated carbocycles. The summed E-state index contributed by atoms with van der Waals surface area (Å²) in [7, 11) is -2.69. The first kappa shape index (κ1) is 22.5. The third-order valence-electron chi connectivity index (χ3n) is 6.22. The summed E-state index contributed by atoms with van der Waals surface area (Å²) in [5, 5.41) is 25.0. The lowest BCUT2D eigenvalue weighted by atomic mass is 9.83. The second-order valence-corrected chi connectivity index (χ2v) is 13.7. The molecule has 3 rings (SSSR count). The number of carbonyl (C=O) groups is 1. The molecule has 2 aromatic carbocycles. The van der Waals surface area contributed by atoms with Crippen LogP contribution in [0.25, 0.3) is 0 Å². The van der Waals surface area contributed by atoms with Crippen molar-refractivity contribution in [2.45, 2.75) is 63.1 Å². The Balaban J connectivity index is 1.90. The Morgan fingerprint density at radius 2 is 1.50 bits per heavy atom. The van der Waals surface area contributed by atoms with Gasteiger partial charge in [-0.3, -0.25) is 0 Å². The number of carboxylic acid groups (broad SMARTS) is 1. The predicted molar refractivity (Wildman–Crippen MR) is 122 cm³/mol. The summed E-state index contributed by atoms with van der Waals surface area (Å²) in [4.78, 5) is 10.9. The lowest BCUT2D eigenvalue weighted by Crippen LogP contribution is -2.67.